The van der Waals surface area contributed by atoms with Gasteiger partial charge in [0, 0.05) is 23.0 Å². The molecule has 1 aliphatic carbocycles. The van der Waals surface area contributed by atoms with E-state index in [9.17, 15) is 9.18 Å². The second-order valence-electron chi connectivity index (χ2n) is 11.1. The number of amides is 1. The molecular weight excluding hydrogens is 516 g/mol. The summed E-state index contributed by atoms with van der Waals surface area (Å²) in [4.78, 5) is 12.9. The molecule has 1 saturated heterocycles. The largest absolute Gasteiger partial charge is 0.492 e. The zero-order valence-electron chi connectivity index (χ0n) is 22.8. The molecule has 5 nitrogen and oxygen atoms in total. The predicted molar refractivity (Wildman–Crippen MR) is 153 cm³/mol. The summed E-state index contributed by atoms with van der Waals surface area (Å²) in [6.45, 7) is 9.72. The van der Waals surface area contributed by atoms with Crippen LogP contribution in [0.2, 0.25) is 5.02 Å². The molecule has 1 aliphatic heterocycles. The smallest absolute Gasteiger partial charge is 0.449 e. The van der Waals surface area contributed by atoms with E-state index in [-0.39, 0.29) is 24.6 Å². The van der Waals surface area contributed by atoms with Crippen molar-refractivity contribution in [3.05, 3.63) is 99.2 Å². The van der Waals surface area contributed by atoms with Crippen LogP contribution in [0.25, 0.3) is 17.2 Å². The van der Waals surface area contributed by atoms with E-state index >= 15 is 0 Å². The van der Waals surface area contributed by atoms with Gasteiger partial charge in [0.25, 0.3) is 0 Å². The highest BCUT2D eigenvalue weighted by molar-refractivity contribution is 6.56. The molecule has 0 saturated carbocycles. The van der Waals surface area contributed by atoms with E-state index < -0.39 is 30.2 Å². The average molecular weight is 548 g/mol. The Morgan fingerprint density at radius 1 is 1.03 bits per heavy atom. The molecule has 0 radical (unpaired) electrons. The lowest BCUT2D eigenvalue weighted by Crippen LogP contribution is -2.41. The van der Waals surface area contributed by atoms with E-state index in [4.69, 9.17) is 25.6 Å². The topological polar surface area (TPSA) is 56.8 Å². The molecule has 5 rings (SSSR count). The average Bonchev–Trinajstić information content (AvgIpc) is 3.32. The highest BCUT2D eigenvalue weighted by atomic mass is 35.5. The molecule has 1 heterocycles. The molecular formula is C31H32BClFNO4. The molecule has 0 aromatic heterocycles. The van der Waals surface area contributed by atoms with Gasteiger partial charge in [-0.3, -0.25) is 0 Å². The fraction of sp³-hybridized carbons (Fsp3) is 0.323. The minimum absolute atomic E-state index is 0.0401. The van der Waals surface area contributed by atoms with Gasteiger partial charge >= 0.3 is 13.2 Å². The number of hydrogen-bond acceptors (Lipinski definition) is 4. The summed E-state index contributed by atoms with van der Waals surface area (Å²) in [5, 5.41) is 3.25. The Bertz CT molecular complexity index is 1390. The molecule has 3 aromatic rings. The first-order valence-corrected chi connectivity index (χ1v) is 13.5. The van der Waals surface area contributed by atoms with Crippen molar-refractivity contribution in [2.24, 2.45) is 0 Å². The van der Waals surface area contributed by atoms with E-state index in [0.717, 1.165) is 22.3 Å². The van der Waals surface area contributed by atoms with Crippen LogP contribution in [0.4, 0.5) is 9.18 Å². The number of benzene rings is 3. The number of aryl methyl sites for hydroxylation is 1. The Labute approximate surface area is 234 Å². The van der Waals surface area contributed by atoms with Crippen molar-refractivity contribution in [2.75, 3.05) is 13.2 Å². The summed E-state index contributed by atoms with van der Waals surface area (Å²) in [6, 6.07) is 19.3. The Balaban J connectivity index is 1.33. The third kappa shape index (κ3) is 5.36. The Morgan fingerprint density at radius 3 is 2.18 bits per heavy atom. The van der Waals surface area contributed by atoms with Crippen LogP contribution in [-0.4, -0.2) is 37.6 Å². The van der Waals surface area contributed by atoms with Crippen molar-refractivity contribution >= 4 is 30.9 Å². The SMILES string of the molecule is Cc1cc(F)c(C=C(CNC(=O)OCC2c3ccccc3-c3ccccc32)B2OC(C)(C)C(C)(C)O2)cc1Cl. The minimum atomic E-state index is -0.789. The molecule has 0 bridgehead atoms. The highest BCUT2D eigenvalue weighted by Gasteiger charge is 2.52. The van der Waals surface area contributed by atoms with Crippen LogP contribution in [0.5, 0.6) is 0 Å². The fourth-order valence-corrected chi connectivity index (χ4v) is 5.16. The van der Waals surface area contributed by atoms with Gasteiger partial charge in [-0.1, -0.05) is 66.2 Å². The molecule has 1 N–H and O–H groups in total. The predicted octanol–water partition coefficient (Wildman–Crippen LogP) is 7.34. The molecule has 202 valence electrons. The van der Waals surface area contributed by atoms with Gasteiger partial charge in [0.1, 0.15) is 12.4 Å². The maximum Gasteiger partial charge on any atom is 0.492 e. The molecule has 0 spiro atoms. The van der Waals surface area contributed by atoms with E-state index in [2.05, 4.69) is 29.6 Å². The normalized spacial score (nSPS) is 17.6. The summed E-state index contributed by atoms with van der Waals surface area (Å²) < 4.78 is 32.9. The number of carbonyl (C=O) groups is 1. The Kier molecular flexibility index (Phi) is 7.36. The van der Waals surface area contributed by atoms with Crippen molar-refractivity contribution in [3.8, 4) is 11.1 Å². The van der Waals surface area contributed by atoms with Crippen LogP contribution in [0.3, 0.4) is 0 Å². The standard InChI is InChI=1S/C31H32BClFNO4/c1-19-14-28(34)20(16-27(19)33)15-21(32-38-30(2,3)31(4,5)39-32)17-35-29(36)37-18-26-24-12-8-6-10-22(24)23-11-7-9-13-25(23)26/h6-16,26H,17-18H2,1-5H3,(H,35,36). The number of hydrogen-bond donors (Lipinski definition) is 1. The number of ether oxygens (including phenoxy) is 1. The molecule has 1 amide bonds. The second kappa shape index (κ2) is 10.5. The van der Waals surface area contributed by atoms with Crippen molar-refractivity contribution in [2.45, 2.75) is 51.7 Å². The maximum atomic E-state index is 14.8. The molecule has 0 unspecified atom stereocenters. The third-order valence-corrected chi connectivity index (χ3v) is 8.36. The lowest BCUT2D eigenvalue weighted by Gasteiger charge is -2.32. The van der Waals surface area contributed by atoms with Crippen LogP contribution in [0.15, 0.2) is 66.1 Å². The van der Waals surface area contributed by atoms with E-state index in [1.54, 1.807) is 19.1 Å². The van der Waals surface area contributed by atoms with Crippen LogP contribution in [0.1, 0.15) is 55.9 Å². The number of rotatable bonds is 6. The molecule has 3 aromatic carbocycles. The molecule has 8 heteroatoms. The van der Waals surface area contributed by atoms with Crippen molar-refractivity contribution < 1.29 is 23.2 Å². The summed E-state index contributed by atoms with van der Waals surface area (Å²) in [6.07, 6.45) is 1.04. The van der Waals surface area contributed by atoms with Crippen molar-refractivity contribution in [1.29, 1.82) is 0 Å². The third-order valence-electron chi connectivity index (χ3n) is 7.96. The molecule has 39 heavy (non-hydrogen) atoms. The van der Waals surface area contributed by atoms with Gasteiger partial charge in [0.2, 0.25) is 0 Å². The lowest BCUT2D eigenvalue weighted by atomic mass is 9.77. The molecule has 0 atom stereocenters. The van der Waals surface area contributed by atoms with E-state index in [1.807, 2.05) is 52.0 Å². The summed E-state index contributed by atoms with van der Waals surface area (Å²) in [5.74, 6) is -0.475. The summed E-state index contributed by atoms with van der Waals surface area (Å²) in [5.41, 5.74) is 4.84. The lowest BCUT2D eigenvalue weighted by molar-refractivity contribution is 0.00578. The van der Waals surface area contributed by atoms with Gasteiger partial charge in [0.15, 0.2) is 0 Å². The van der Waals surface area contributed by atoms with Crippen molar-refractivity contribution in [1.82, 2.24) is 5.32 Å². The van der Waals surface area contributed by atoms with Crippen LogP contribution in [-0.2, 0) is 14.0 Å². The highest BCUT2D eigenvalue weighted by Crippen LogP contribution is 2.44. The molecule has 1 fully saturated rings. The Hall–Kier alpha value is -3.13. The monoisotopic (exact) mass is 547 g/mol. The quantitative estimate of drug-likeness (QED) is 0.328. The van der Waals surface area contributed by atoms with E-state index in [0.29, 0.717) is 16.1 Å². The number of carbonyl (C=O) groups excluding carboxylic acids is 1. The first kappa shape index (κ1) is 27.4. The maximum absolute atomic E-state index is 14.8. The number of nitrogens with one attached hydrogen (secondary N) is 1. The second-order valence-corrected chi connectivity index (χ2v) is 11.5. The zero-order valence-corrected chi connectivity index (χ0v) is 23.6. The number of fused-ring (bicyclic) bond motifs is 3. The summed E-state index contributed by atoms with van der Waals surface area (Å²) in [7, 11) is -0.789. The van der Waals surface area contributed by atoms with Gasteiger partial charge in [-0.25, -0.2) is 9.18 Å². The van der Waals surface area contributed by atoms with Crippen molar-refractivity contribution in [3.63, 3.8) is 0 Å². The van der Waals surface area contributed by atoms with Gasteiger partial charge in [-0.05, 0) is 80.0 Å². The van der Waals surface area contributed by atoms with Gasteiger partial charge in [0.05, 0.1) is 11.2 Å². The Morgan fingerprint density at radius 2 is 1.59 bits per heavy atom. The number of alkyl carbamates (subject to hydrolysis) is 1. The minimum Gasteiger partial charge on any atom is -0.449 e. The van der Waals surface area contributed by atoms with Gasteiger partial charge in [-0.2, -0.15) is 0 Å². The first-order chi connectivity index (χ1) is 18.5. The van der Waals surface area contributed by atoms with Gasteiger partial charge < -0.3 is 19.4 Å². The van der Waals surface area contributed by atoms with E-state index in [1.165, 1.54) is 6.07 Å². The van der Waals surface area contributed by atoms with Gasteiger partial charge in [-0.15, -0.1) is 0 Å². The number of halogens is 2. The van der Waals surface area contributed by atoms with Crippen LogP contribution in [0, 0.1) is 12.7 Å². The zero-order chi connectivity index (χ0) is 27.9. The molecule has 2 aliphatic rings. The summed E-state index contributed by atoms with van der Waals surface area (Å²) >= 11 is 6.27. The first-order valence-electron chi connectivity index (χ1n) is 13.1. The fourth-order valence-electron chi connectivity index (χ4n) is 4.99. The van der Waals surface area contributed by atoms with Crippen LogP contribution < -0.4 is 5.32 Å². The van der Waals surface area contributed by atoms with Crippen LogP contribution >= 0.6 is 11.6 Å².